The molecule has 2 N–H and O–H groups in total. The molecule has 134 valence electrons. The van der Waals surface area contributed by atoms with E-state index in [4.69, 9.17) is 4.74 Å². The zero-order chi connectivity index (χ0) is 17.2. The second kappa shape index (κ2) is 10.3. The van der Waals surface area contributed by atoms with Crippen molar-refractivity contribution in [2.45, 2.75) is 45.3 Å². The first-order chi connectivity index (χ1) is 11.7. The lowest BCUT2D eigenvalue weighted by molar-refractivity contribution is 0.134. The Kier molecular flexibility index (Phi) is 8.05. The van der Waals surface area contributed by atoms with E-state index in [0.717, 1.165) is 45.0 Å². The van der Waals surface area contributed by atoms with E-state index in [1.165, 1.54) is 5.56 Å². The predicted molar refractivity (Wildman–Crippen MR) is 100 cm³/mol. The van der Waals surface area contributed by atoms with Crippen LogP contribution in [0.2, 0.25) is 0 Å². The number of nitrogens with one attached hydrogen (secondary N) is 2. The van der Waals surface area contributed by atoms with E-state index in [1.807, 2.05) is 14.0 Å². The largest absolute Gasteiger partial charge is 0.380 e. The average Bonchev–Trinajstić information content (AvgIpc) is 2.61. The lowest BCUT2D eigenvalue weighted by Crippen LogP contribution is -2.51. The highest BCUT2D eigenvalue weighted by molar-refractivity contribution is 5.79. The van der Waals surface area contributed by atoms with Gasteiger partial charge < -0.3 is 15.4 Å². The third-order valence-corrected chi connectivity index (χ3v) is 4.55. The number of aliphatic imine (C=N–C) groups is 1. The Labute approximate surface area is 146 Å². The van der Waals surface area contributed by atoms with Gasteiger partial charge >= 0.3 is 0 Å². The van der Waals surface area contributed by atoms with E-state index in [1.54, 1.807) is 0 Å². The van der Waals surface area contributed by atoms with E-state index in [-0.39, 0.29) is 0 Å². The minimum Gasteiger partial charge on any atom is -0.380 e. The minimum absolute atomic E-state index is 0.477. The Balaban J connectivity index is 1.75. The van der Waals surface area contributed by atoms with Gasteiger partial charge in [0, 0.05) is 45.4 Å². The smallest absolute Gasteiger partial charge is 0.191 e. The number of ether oxygens (including phenoxy) is 1. The van der Waals surface area contributed by atoms with E-state index in [0.29, 0.717) is 18.7 Å². The molecule has 1 aromatic carbocycles. The van der Waals surface area contributed by atoms with Gasteiger partial charge in [0.2, 0.25) is 0 Å². The van der Waals surface area contributed by atoms with Crippen LogP contribution in [0.4, 0.5) is 0 Å². The molecule has 0 radical (unpaired) electrons. The molecule has 0 aromatic heterocycles. The van der Waals surface area contributed by atoms with Crippen LogP contribution in [-0.2, 0) is 11.3 Å². The molecule has 1 heterocycles. The maximum atomic E-state index is 5.35. The van der Waals surface area contributed by atoms with Gasteiger partial charge in [-0.2, -0.15) is 0 Å². The number of likely N-dealkylation sites (tertiary alicyclic amines) is 1. The Morgan fingerprint density at radius 1 is 1.33 bits per heavy atom. The molecule has 1 aliphatic heterocycles. The van der Waals surface area contributed by atoms with Gasteiger partial charge in [0.25, 0.3) is 0 Å². The van der Waals surface area contributed by atoms with Crippen molar-refractivity contribution in [3.63, 3.8) is 0 Å². The fourth-order valence-corrected chi connectivity index (χ4v) is 3.18. The summed E-state index contributed by atoms with van der Waals surface area (Å²) >= 11 is 0. The molecule has 24 heavy (non-hydrogen) atoms. The molecule has 5 heteroatoms. The molecule has 1 fully saturated rings. The Morgan fingerprint density at radius 3 is 2.79 bits per heavy atom. The molecule has 0 aliphatic carbocycles. The summed E-state index contributed by atoms with van der Waals surface area (Å²) in [4.78, 5) is 6.89. The zero-order valence-electron chi connectivity index (χ0n) is 15.3. The van der Waals surface area contributed by atoms with E-state index >= 15 is 0 Å². The standard InChI is InChI=1S/C19H32N4O/c1-4-24-13-11-21-19(20-3)22-18-10-12-23(16(2)14-18)15-17-8-6-5-7-9-17/h5-9,16,18H,4,10-15H2,1-3H3,(H2,20,21,22). The fourth-order valence-electron chi connectivity index (χ4n) is 3.18. The van der Waals surface area contributed by atoms with Crippen LogP contribution < -0.4 is 10.6 Å². The van der Waals surface area contributed by atoms with Crippen molar-refractivity contribution in [2.75, 3.05) is 33.4 Å². The van der Waals surface area contributed by atoms with Crippen LogP contribution in [0.15, 0.2) is 35.3 Å². The van der Waals surface area contributed by atoms with Gasteiger partial charge in [-0.15, -0.1) is 0 Å². The normalized spacial score (nSPS) is 22.4. The Hall–Kier alpha value is -1.59. The van der Waals surface area contributed by atoms with Gasteiger partial charge in [0.15, 0.2) is 5.96 Å². The van der Waals surface area contributed by atoms with Gasteiger partial charge in [-0.3, -0.25) is 9.89 Å². The van der Waals surface area contributed by atoms with Crippen molar-refractivity contribution < 1.29 is 4.74 Å². The summed E-state index contributed by atoms with van der Waals surface area (Å²) in [6.45, 7) is 8.74. The van der Waals surface area contributed by atoms with Gasteiger partial charge in [-0.1, -0.05) is 30.3 Å². The lowest BCUT2D eigenvalue weighted by Gasteiger charge is -2.38. The average molecular weight is 332 g/mol. The molecule has 0 bridgehead atoms. The molecular formula is C19H32N4O. The van der Waals surface area contributed by atoms with Crippen molar-refractivity contribution in [2.24, 2.45) is 4.99 Å². The maximum absolute atomic E-state index is 5.35. The van der Waals surface area contributed by atoms with Crippen LogP contribution in [0.3, 0.4) is 0 Å². The van der Waals surface area contributed by atoms with Crippen molar-refractivity contribution in [1.29, 1.82) is 0 Å². The van der Waals surface area contributed by atoms with Crippen molar-refractivity contribution in [1.82, 2.24) is 15.5 Å². The van der Waals surface area contributed by atoms with Crippen molar-refractivity contribution in [3.8, 4) is 0 Å². The van der Waals surface area contributed by atoms with Crippen molar-refractivity contribution in [3.05, 3.63) is 35.9 Å². The maximum Gasteiger partial charge on any atom is 0.191 e. The predicted octanol–water partition coefficient (Wildman–Crippen LogP) is 2.24. The van der Waals surface area contributed by atoms with E-state index in [2.05, 4.69) is 57.8 Å². The highest BCUT2D eigenvalue weighted by Gasteiger charge is 2.25. The Morgan fingerprint density at radius 2 is 2.12 bits per heavy atom. The van der Waals surface area contributed by atoms with Crippen LogP contribution in [0, 0.1) is 0 Å². The summed E-state index contributed by atoms with van der Waals surface area (Å²) < 4.78 is 5.35. The molecule has 2 rings (SSSR count). The van der Waals surface area contributed by atoms with Crippen molar-refractivity contribution >= 4 is 5.96 Å². The number of nitrogens with zero attached hydrogens (tertiary/aromatic N) is 2. The third-order valence-electron chi connectivity index (χ3n) is 4.55. The number of guanidine groups is 1. The summed E-state index contributed by atoms with van der Waals surface area (Å²) in [6.07, 6.45) is 2.28. The van der Waals surface area contributed by atoms with Gasteiger partial charge in [-0.05, 0) is 32.3 Å². The number of piperidine rings is 1. The second-order valence-electron chi connectivity index (χ2n) is 6.37. The summed E-state index contributed by atoms with van der Waals surface area (Å²) in [6, 6.07) is 11.8. The second-order valence-corrected chi connectivity index (χ2v) is 6.37. The first-order valence-corrected chi connectivity index (χ1v) is 9.05. The first-order valence-electron chi connectivity index (χ1n) is 9.05. The molecule has 0 saturated carbocycles. The quantitative estimate of drug-likeness (QED) is 0.457. The molecular weight excluding hydrogens is 300 g/mol. The SMILES string of the molecule is CCOCCNC(=NC)NC1CCN(Cc2ccccc2)C(C)C1. The molecule has 2 unspecified atom stereocenters. The molecule has 1 aliphatic rings. The molecule has 1 aromatic rings. The summed E-state index contributed by atoms with van der Waals surface area (Å²) in [5.74, 6) is 0.878. The molecule has 5 nitrogen and oxygen atoms in total. The number of benzene rings is 1. The summed E-state index contributed by atoms with van der Waals surface area (Å²) in [7, 11) is 1.82. The number of rotatable bonds is 7. The first kappa shape index (κ1) is 18.7. The molecule has 0 spiro atoms. The van der Waals surface area contributed by atoms with E-state index < -0.39 is 0 Å². The van der Waals surface area contributed by atoms with Gasteiger partial charge in [-0.25, -0.2) is 0 Å². The summed E-state index contributed by atoms with van der Waals surface area (Å²) in [5, 5.41) is 6.87. The van der Waals surface area contributed by atoms with E-state index in [9.17, 15) is 0 Å². The lowest BCUT2D eigenvalue weighted by atomic mass is 9.97. The topological polar surface area (TPSA) is 48.9 Å². The van der Waals surface area contributed by atoms with Crippen LogP contribution in [0.25, 0.3) is 0 Å². The fraction of sp³-hybridized carbons (Fsp3) is 0.632. The number of hydrogen-bond donors (Lipinski definition) is 2. The highest BCUT2D eigenvalue weighted by Crippen LogP contribution is 2.19. The summed E-state index contributed by atoms with van der Waals surface area (Å²) in [5.41, 5.74) is 1.39. The van der Waals surface area contributed by atoms with Gasteiger partial charge in [0.05, 0.1) is 6.61 Å². The monoisotopic (exact) mass is 332 g/mol. The van der Waals surface area contributed by atoms with Crippen LogP contribution in [0.1, 0.15) is 32.3 Å². The van der Waals surface area contributed by atoms with Crippen LogP contribution >= 0.6 is 0 Å². The Bertz CT molecular complexity index is 491. The third kappa shape index (κ3) is 6.13. The molecule has 2 atom stereocenters. The van der Waals surface area contributed by atoms with Crippen LogP contribution in [0.5, 0.6) is 0 Å². The van der Waals surface area contributed by atoms with Gasteiger partial charge in [0.1, 0.15) is 0 Å². The van der Waals surface area contributed by atoms with Crippen LogP contribution in [-0.4, -0.2) is 56.3 Å². The molecule has 0 amide bonds. The zero-order valence-corrected chi connectivity index (χ0v) is 15.3. The highest BCUT2D eigenvalue weighted by atomic mass is 16.5. The minimum atomic E-state index is 0.477. The molecule has 1 saturated heterocycles. The number of hydrogen-bond acceptors (Lipinski definition) is 3.